The van der Waals surface area contributed by atoms with Crippen molar-refractivity contribution in [2.24, 2.45) is 0 Å². The summed E-state index contributed by atoms with van der Waals surface area (Å²) in [5, 5.41) is 11.1. The van der Waals surface area contributed by atoms with E-state index in [1.807, 2.05) is 60.7 Å². The summed E-state index contributed by atoms with van der Waals surface area (Å²) in [5.74, 6) is 0.789. The first-order valence-electron chi connectivity index (χ1n) is 8.27. The number of nitrogens with zero attached hydrogens (tertiary/aromatic N) is 2. The first-order chi connectivity index (χ1) is 12.6. The summed E-state index contributed by atoms with van der Waals surface area (Å²) in [6.45, 7) is 0.623. The number of benzene rings is 2. The zero-order valence-corrected chi connectivity index (χ0v) is 15.0. The quantitative estimate of drug-likeness (QED) is 0.638. The van der Waals surface area contributed by atoms with Crippen LogP contribution in [0, 0.1) is 0 Å². The predicted octanol–water partition coefficient (Wildman–Crippen LogP) is 3.07. The fraction of sp³-hybridized carbons (Fsp3) is 0.158. The van der Waals surface area contributed by atoms with Gasteiger partial charge in [-0.25, -0.2) is 8.42 Å². The summed E-state index contributed by atoms with van der Waals surface area (Å²) >= 11 is 0. The third-order valence-electron chi connectivity index (χ3n) is 3.74. The summed E-state index contributed by atoms with van der Waals surface area (Å²) in [4.78, 5) is 0. The summed E-state index contributed by atoms with van der Waals surface area (Å²) in [6.07, 6.45) is 0.445. The van der Waals surface area contributed by atoms with E-state index in [9.17, 15) is 8.42 Å². The highest BCUT2D eigenvalue weighted by molar-refractivity contribution is 7.92. The van der Waals surface area contributed by atoms with Gasteiger partial charge in [-0.05, 0) is 29.7 Å². The summed E-state index contributed by atoms with van der Waals surface area (Å²) in [7, 11) is -3.47. The number of anilines is 2. The molecule has 0 saturated carbocycles. The SMILES string of the molecule is O=S(=O)(CCc1ccccc1)Nc1ccc(NCc2ccccc2)nn1. The lowest BCUT2D eigenvalue weighted by Crippen LogP contribution is -2.19. The first kappa shape index (κ1) is 17.9. The van der Waals surface area contributed by atoms with Crippen molar-refractivity contribution in [3.63, 3.8) is 0 Å². The first-order valence-corrected chi connectivity index (χ1v) is 9.92. The van der Waals surface area contributed by atoms with Crippen LogP contribution in [0.5, 0.6) is 0 Å². The minimum absolute atomic E-state index is 0.00724. The highest BCUT2D eigenvalue weighted by Crippen LogP contribution is 2.10. The van der Waals surface area contributed by atoms with Gasteiger partial charge >= 0.3 is 0 Å². The Bertz CT molecular complexity index is 915. The molecule has 1 heterocycles. The lowest BCUT2D eigenvalue weighted by atomic mass is 10.2. The minimum atomic E-state index is -3.47. The molecule has 2 aromatic carbocycles. The van der Waals surface area contributed by atoms with E-state index in [2.05, 4.69) is 20.2 Å². The Morgan fingerprint density at radius 2 is 1.31 bits per heavy atom. The summed E-state index contributed by atoms with van der Waals surface area (Å²) in [5.41, 5.74) is 2.10. The van der Waals surface area contributed by atoms with E-state index in [0.29, 0.717) is 18.8 Å². The highest BCUT2D eigenvalue weighted by Gasteiger charge is 2.12. The molecule has 0 saturated heterocycles. The maximum absolute atomic E-state index is 12.2. The monoisotopic (exact) mass is 368 g/mol. The number of aryl methyl sites for hydroxylation is 1. The Labute approximate surface area is 153 Å². The number of hydrogen-bond acceptors (Lipinski definition) is 5. The van der Waals surface area contributed by atoms with Gasteiger partial charge < -0.3 is 5.32 Å². The fourth-order valence-electron chi connectivity index (χ4n) is 2.38. The smallest absolute Gasteiger partial charge is 0.234 e. The molecule has 3 aromatic rings. The molecule has 2 N–H and O–H groups in total. The third kappa shape index (κ3) is 5.56. The van der Waals surface area contributed by atoms with Gasteiger partial charge in [0, 0.05) is 6.54 Å². The molecule has 0 spiro atoms. The average molecular weight is 368 g/mol. The predicted molar refractivity (Wildman–Crippen MR) is 103 cm³/mol. The van der Waals surface area contributed by atoms with Crippen molar-refractivity contribution in [1.82, 2.24) is 10.2 Å². The standard InChI is InChI=1S/C19H20N4O2S/c24-26(25,14-13-16-7-3-1-4-8-16)23-19-12-11-18(21-22-19)20-15-17-9-5-2-6-10-17/h1-12H,13-15H2,(H,20,21)(H,22,23). The van der Waals surface area contributed by atoms with E-state index in [4.69, 9.17) is 0 Å². The molecule has 134 valence electrons. The van der Waals surface area contributed by atoms with Crippen molar-refractivity contribution in [2.75, 3.05) is 15.8 Å². The summed E-state index contributed by atoms with van der Waals surface area (Å²) in [6, 6.07) is 22.7. The van der Waals surface area contributed by atoms with Gasteiger partial charge in [-0.3, -0.25) is 4.72 Å². The molecule has 0 amide bonds. The van der Waals surface area contributed by atoms with Crippen LogP contribution in [-0.4, -0.2) is 24.4 Å². The van der Waals surface area contributed by atoms with Crippen LogP contribution in [0.15, 0.2) is 72.8 Å². The van der Waals surface area contributed by atoms with E-state index in [1.165, 1.54) is 0 Å². The van der Waals surface area contributed by atoms with E-state index >= 15 is 0 Å². The minimum Gasteiger partial charge on any atom is -0.365 e. The van der Waals surface area contributed by atoms with Crippen LogP contribution in [0.1, 0.15) is 11.1 Å². The molecule has 1 aromatic heterocycles. The number of aromatic nitrogens is 2. The Morgan fingerprint density at radius 1 is 0.731 bits per heavy atom. The third-order valence-corrected chi connectivity index (χ3v) is 5.01. The van der Waals surface area contributed by atoms with Crippen LogP contribution in [-0.2, 0) is 23.0 Å². The van der Waals surface area contributed by atoms with Gasteiger partial charge in [-0.2, -0.15) is 0 Å². The van der Waals surface area contributed by atoms with Crippen LogP contribution in [0.3, 0.4) is 0 Å². The molecule has 7 heteroatoms. The van der Waals surface area contributed by atoms with Gasteiger partial charge in [-0.15, -0.1) is 10.2 Å². The van der Waals surface area contributed by atoms with Gasteiger partial charge in [0.1, 0.15) is 5.82 Å². The Hall–Kier alpha value is -2.93. The fourth-order valence-corrected chi connectivity index (χ4v) is 3.41. The van der Waals surface area contributed by atoms with Crippen LogP contribution in [0.25, 0.3) is 0 Å². The molecule has 0 aliphatic carbocycles. The highest BCUT2D eigenvalue weighted by atomic mass is 32.2. The van der Waals surface area contributed by atoms with Gasteiger partial charge in [0.2, 0.25) is 10.0 Å². The van der Waals surface area contributed by atoms with Crippen LogP contribution in [0.2, 0.25) is 0 Å². The average Bonchev–Trinajstić information content (AvgIpc) is 2.67. The Balaban J connectivity index is 1.53. The zero-order chi connectivity index (χ0) is 18.2. The van der Waals surface area contributed by atoms with Gasteiger partial charge in [-0.1, -0.05) is 60.7 Å². The molecule has 0 aliphatic heterocycles. The van der Waals surface area contributed by atoms with Crippen LogP contribution >= 0.6 is 0 Å². The second-order valence-electron chi connectivity index (χ2n) is 5.80. The topological polar surface area (TPSA) is 84.0 Å². The number of rotatable bonds is 8. The largest absolute Gasteiger partial charge is 0.365 e. The maximum Gasteiger partial charge on any atom is 0.234 e. The van der Waals surface area contributed by atoms with Crippen molar-refractivity contribution in [3.05, 3.63) is 83.9 Å². The van der Waals surface area contributed by atoms with Crippen molar-refractivity contribution in [2.45, 2.75) is 13.0 Å². The maximum atomic E-state index is 12.2. The lowest BCUT2D eigenvalue weighted by molar-refractivity contribution is 0.600. The zero-order valence-electron chi connectivity index (χ0n) is 14.2. The summed E-state index contributed by atoms with van der Waals surface area (Å²) < 4.78 is 26.8. The van der Waals surface area contributed by atoms with Crippen molar-refractivity contribution in [3.8, 4) is 0 Å². The molecule has 0 bridgehead atoms. The Kier molecular flexibility index (Phi) is 5.80. The van der Waals surface area contributed by atoms with E-state index in [0.717, 1.165) is 11.1 Å². The van der Waals surface area contributed by atoms with Crippen molar-refractivity contribution >= 4 is 21.7 Å². The number of sulfonamides is 1. The molecular formula is C19H20N4O2S. The van der Waals surface area contributed by atoms with E-state index < -0.39 is 10.0 Å². The molecule has 0 unspecified atom stereocenters. The molecule has 0 aliphatic rings. The molecule has 0 atom stereocenters. The normalized spacial score (nSPS) is 11.1. The van der Waals surface area contributed by atoms with Crippen LogP contribution in [0.4, 0.5) is 11.6 Å². The van der Waals surface area contributed by atoms with Crippen molar-refractivity contribution in [1.29, 1.82) is 0 Å². The van der Waals surface area contributed by atoms with E-state index in [-0.39, 0.29) is 11.6 Å². The van der Waals surface area contributed by atoms with Crippen LogP contribution < -0.4 is 10.0 Å². The van der Waals surface area contributed by atoms with E-state index in [1.54, 1.807) is 12.1 Å². The Morgan fingerprint density at radius 3 is 1.92 bits per heavy atom. The molecule has 3 rings (SSSR count). The number of hydrogen-bond donors (Lipinski definition) is 2. The second-order valence-corrected chi connectivity index (χ2v) is 7.64. The molecule has 0 radical (unpaired) electrons. The molecule has 6 nitrogen and oxygen atoms in total. The molecular weight excluding hydrogens is 348 g/mol. The van der Waals surface area contributed by atoms with Gasteiger partial charge in [0.25, 0.3) is 0 Å². The van der Waals surface area contributed by atoms with Gasteiger partial charge in [0.15, 0.2) is 5.82 Å². The van der Waals surface area contributed by atoms with Gasteiger partial charge in [0.05, 0.1) is 5.75 Å². The lowest BCUT2D eigenvalue weighted by Gasteiger charge is -2.08. The second kappa shape index (κ2) is 8.44. The number of nitrogens with one attached hydrogen (secondary N) is 2. The van der Waals surface area contributed by atoms with Crippen molar-refractivity contribution < 1.29 is 8.42 Å². The molecule has 0 fully saturated rings. The molecule has 26 heavy (non-hydrogen) atoms.